The van der Waals surface area contributed by atoms with Crippen LogP contribution < -0.4 is 5.32 Å². The van der Waals surface area contributed by atoms with E-state index in [4.69, 9.17) is 4.42 Å². The molecule has 3 heteroatoms. The summed E-state index contributed by atoms with van der Waals surface area (Å²) in [7, 11) is 0. The first kappa shape index (κ1) is 12.9. The molecule has 0 amide bonds. The van der Waals surface area contributed by atoms with Crippen LogP contribution in [0.3, 0.4) is 0 Å². The van der Waals surface area contributed by atoms with Gasteiger partial charge in [-0.05, 0) is 31.5 Å². The van der Waals surface area contributed by atoms with Gasteiger partial charge in [-0.1, -0.05) is 29.8 Å². The van der Waals surface area contributed by atoms with Gasteiger partial charge in [-0.3, -0.25) is 0 Å². The van der Waals surface area contributed by atoms with Crippen molar-refractivity contribution in [2.75, 3.05) is 6.54 Å². The number of hydrogen-bond acceptors (Lipinski definition) is 3. The Morgan fingerprint density at radius 2 is 2.11 bits per heavy atom. The molecule has 1 heterocycles. The zero-order valence-corrected chi connectivity index (χ0v) is 10.8. The molecule has 2 aromatic rings. The molecule has 0 radical (unpaired) electrons. The third kappa shape index (κ3) is 3.22. The summed E-state index contributed by atoms with van der Waals surface area (Å²) in [6.07, 6.45) is 0.968. The monoisotopic (exact) mass is 245 g/mol. The lowest BCUT2D eigenvalue weighted by Gasteiger charge is -2.16. The summed E-state index contributed by atoms with van der Waals surface area (Å²) >= 11 is 0. The van der Waals surface area contributed by atoms with Crippen LogP contribution in [0.25, 0.3) is 0 Å². The van der Waals surface area contributed by atoms with Crippen molar-refractivity contribution in [3.63, 3.8) is 0 Å². The Kier molecular flexibility index (Phi) is 4.18. The summed E-state index contributed by atoms with van der Waals surface area (Å²) in [5, 5.41) is 13.2. The first-order valence-electron chi connectivity index (χ1n) is 6.18. The summed E-state index contributed by atoms with van der Waals surface area (Å²) in [5.41, 5.74) is 2.47. The van der Waals surface area contributed by atoms with Gasteiger partial charge in [0.2, 0.25) is 0 Å². The van der Waals surface area contributed by atoms with Gasteiger partial charge in [-0.25, -0.2) is 0 Å². The molecule has 2 rings (SSSR count). The number of aliphatic hydroxyl groups is 1. The number of benzene rings is 1. The molecule has 2 N–H and O–H groups in total. The number of aliphatic hydroxyl groups excluding tert-OH is 1. The van der Waals surface area contributed by atoms with Crippen LogP contribution in [0.5, 0.6) is 0 Å². The zero-order valence-electron chi connectivity index (χ0n) is 10.8. The van der Waals surface area contributed by atoms with Gasteiger partial charge in [-0.2, -0.15) is 0 Å². The number of hydrogen-bond donors (Lipinski definition) is 2. The van der Waals surface area contributed by atoms with Crippen LogP contribution in [0.4, 0.5) is 0 Å². The van der Waals surface area contributed by atoms with E-state index < -0.39 is 6.10 Å². The van der Waals surface area contributed by atoms with E-state index in [0.717, 1.165) is 0 Å². The predicted molar refractivity (Wildman–Crippen MR) is 71.3 cm³/mol. The van der Waals surface area contributed by atoms with E-state index in [1.807, 2.05) is 6.07 Å². The number of nitrogens with one attached hydrogen (secondary N) is 1. The van der Waals surface area contributed by atoms with E-state index in [1.54, 1.807) is 18.4 Å². The van der Waals surface area contributed by atoms with Crippen LogP contribution in [0.2, 0.25) is 0 Å². The van der Waals surface area contributed by atoms with Crippen molar-refractivity contribution >= 4 is 0 Å². The highest BCUT2D eigenvalue weighted by molar-refractivity contribution is 5.24. The molecule has 0 saturated carbocycles. The van der Waals surface area contributed by atoms with Crippen molar-refractivity contribution < 1.29 is 9.52 Å². The van der Waals surface area contributed by atoms with E-state index in [-0.39, 0.29) is 6.04 Å². The Bertz CT molecular complexity index is 479. The Morgan fingerprint density at radius 1 is 1.28 bits per heavy atom. The third-order valence-corrected chi connectivity index (χ3v) is 3.03. The second kappa shape index (κ2) is 5.85. The molecule has 0 aliphatic heterocycles. The lowest BCUT2D eigenvalue weighted by molar-refractivity contribution is 0.144. The summed E-state index contributed by atoms with van der Waals surface area (Å²) < 4.78 is 5.16. The Labute approximate surface area is 107 Å². The molecule has 0 aliphatic carbocycles. The maximum Gasteiger partial charge on any atom is 0.133 e. The average Bonchev–Trinajstić information content (AvgIpc) is 2.89. The molecular weight excluding hydrogens is 226 g/mol. The van der Waals surface area contributed by atoms with Gasteiger partial charge in [0.1, 0.15) is 11.9 Å². The van der Waals surface area contributed by atoms with E-state index in [2.05, 4.69) is 37.4 Å². The van der Waals surface area contributed by atoms with Crippen LogP contribution in [-0.2, 0) is 0 Å². The number of furan rings is 1. The van der Waals surface area contributed by atoms with E-state index in [1.165, 1.54) is 11.1 Å². The van der Waals surface area contributed by atoms with Crippen molar-refractivity contribution in [1.82, 2.24) is 5.32 Å². The fourth-order valence-electron chi connectivity index (χ4n) is 1.93. The smallest absolute Gasteiger partial charge is 0.133 e. The van der Waals surface area contributed by atoms with Gasteiger partial charge in [0.05, 0.1) is 6.26 Å². The molecule has 18 heavy (non-hydrogen) atoms. The normalized spacial score (nSPS) is 14.4. The maximum atomic E-state index is 9.90. The van der Waals surface area contributed by atoms with Crippen molar-refractivity contribution in [3.8, 4) is 0 Å². The van der Waals surface area contributed by atoms with Gasteiger partial charge >= 0.3 is 0 Å². The minimum Gasteiger partial charge on any atom is -0.467 e. The molecule has 0 aliphatic rings. The fourth-order valence-corrected chi connectivity index (χ4v) is 1.93. The summed E-state index contributed by atoms with van der Waals surface area (Å²) in [6.45, 7) is 4.64. The van der Waals surface area contributed by atoms with Gasteiger partial charge in [0.25, 0.3) is 0 Å². The third-order valence-electron chi connectivity index (χ3n) is 3.03. The van der Waals surface area contributed by atoms with E-state index in [0.29, 0.717) is 12.3 Å². The highest BCUT2D eigenvalue weighted by atomic mass is 16.4. The van der Waals surface area contributed by atoms with Crippen LogP contribution in [0.1, 0.15) is 36.0 Å². The van der Waals surface area contributed by atoms with Gasteiger partial charge in [-0.15, -0.1) is 0 Å². The largest absolute Gasteiger partial charge is 0.467 e. The van der Waals surface area contributed by atoms with Crippen LogP contribution in [0, 0.1) is 6.92 Å². The lowest BCUT2D eigenvalue weighted by Crippen LogP contribution is -2.24. The lowest BCUT2D eigenvalue weighted by atomic mass is 10.1. The van der Waals surface area contributed by atoms with Gasteiger partial charge in [0, 0.05) is 12.6 Å². The summed E-state index contributed by atoms with van der Waals surface area (Å²) in [6, 6.07) is 12.1. The second-order valence-corrected chi connectivity index (χ2v) is 4.58. The predicted octanol–water partition coefficient (Wildman–Crippen LogP) is 2.97. The van der Waals surface area contributed by atoms with E-state index in [9.17, 15) is 5.11 Å². The minimum atomic E-state index is -0.604. The molecule has 0 spiro atoms. The summed E-state index contributed by atoms with van der Waals surface area (Å²) in [4.78, 5) is 0. The van der Waals surface area contributed by atoms with Crippen molar-refractivity contribution in [2.24, 2.45) is 0 Å². The Morgan fingerprint density at radius 3 is 2.78 bits per heavy atom. The Balaban J connectivity index is 1.90. The molecule has 1 aromatic carbocycles. The highest BCUT2D eigenvalue weighted by Gasteiger charge is 2.12. The van der Waals surface area contributed by atoms with Gasteiger partial charge < -0.3 is 14.8 Å². The van der Waals surface area contributed by atoms with Crippen molar-refractivity contribution in [3.05, 3.63) is 59.5 Å². The minimum absolute atomic E-state index is 0.203. The number of aryl methyl sites for hydroxylation is 1. The SMILES string of the molecule is Cc1cccc([C@@H](C)NCC(O)c2ccco2)c1. The van der Waals surface area contributed by atoms with E-state index >= 15 is 0 Å². The van der Waals surface area contributed by atoms with Crippen molar-refractivity contribution in [2.45, 2.75) is 26.0 Å². The molecule has 0 bridgehead atoms. The summed E-state index contributed by atoms with van der Waals surface area (Å²) in [5.74, 6) is 0.596. The van der Waals surface area contributed by atoms with Crippen molar-refractivity contribution in [1.29, 1.82) is 0 Å². The molecule has 0 fully saturated rings. The molecule has 96 valence electrons. The molecule has 1 unspecified atom stereocenters. The molecular formula is C15H19NO2. The maximum absolute atomic E-state index is 9.90. The Hall–Kier alpha value is -1.58. The van der Waals surface area contributed by atoms with Crippen LogP contribution in [0.15, 0.2) is 47.1 Å². The van der Waals surface area contributed by atoms with Gasteiger partial charge in [0.15, 0.2) is 0 Å². The zero-order chi connectivity index (χ0) is 13.0. The van der Waals surface area contributed by atoms with Crippen LogP contribution in [-0.4, -0.2) is 11.7 Å². The number of rotatable bonds is 5. The second-order valence-electron chi connectivity index (χ2n) is 4.58. The van der Waals surface area contributed by atoms with Crippen LogP contribution >= 0.6 is 0 Å². The first-order valence-corrected chi connectivity index (χ1v) is 6.18. The average molecular weight is 245 g/mol. The molecule has 3 nitrogen and oxygen atoms in total. The standard InChI is InChI=1S/C15H19NO2/c1-11-5-3-6-13(9-11)12(2)16-10-14(17)15-7-4-8-18-15/h3-9,12,14,16-17H,10H2,1-2H3/t12-,14?/m1/s1. The first-order chi connectivity index (χ1) is 8.66. The molecule has 0 saturated heterocycles. The highest BCUT2D eigenvalue weighted by Crippen LogP contribution is 2.16. The quantitative estimate of drug-likeness (QED) is 0.851. The molecule has 2 atom stereocenters. The topological polar surface area (TPSA) is 45.4 Å². The molecule has 1 aromatic heterocycles. The fraction of sp³-hybridized carbons (Fsp3) is 0.333.